The van der Waals surface area contributed by atoms with Crippen LogP contribution in [0.3, 0.4) is 0 Å². The molecule has 1 aromatic heterocycles. The van der Waals surface area contributed by atoms with Crippen molar-refractivity contribution >= 4 is 11.0 Å². The smallest absolute Gasteiger partial charge is 0.113 e. The van der Waals surface area contributed by atoms with Gasteiger partial charge in [-0.2, -0.15) is 5.26 Å². The minimum Gasteiger partial charge on any atom is -0.242 e. The van der Waals surface area contributed by atoms with Gasteiger partial charge in [-0.25, -0.2) is 4.68 Å². The molecule has 2 aromatic rings. The molecule has 16 heavy (non-hydrogen) atoms. The Bertz CT molecular complexity index is 558. The molecule has 3 rings (SSSR count). The van der Waals surface area contributed by atoms with Gasteiger partial charge in [0, 0.05) is 0 Å². The summed E-state index contributed by atoms with van der Waals surface area (Å²) < 4.78 is 1.99. The lowest BCUT2D eigenvalue weighted by Crippen LogP contribution is -2.06. The molecule has 0 aliphatic heterocycles. The Hall–Kier alpha value is -1.89. The zero-order valence-corrected chi connectivity index (χ0v) is 8.93. The first-order valence-electron chi connectivity index (χ1n) is 5.63. The number of benzene rings is 1. The topological polar surface area (TPSA) is 54.5 Å². The van der Waals surface area contributed by atoms with Crippen LogP contribution in [0.4, 0.5) is 0 Å². The molecule has 4 nitrogen and oxygen atoms in total. The van der Waals surface area contributed by atoms with Gasteiger partial charge in [-0.15, -0.1) is 5.10 Å². The lowest BCUT2D eigenvalue weighted by atomic mass is 10.2. The Kier molecular flexibility index (Phi) is 2.10. The molecule has 0 saturated heterocycles. The molecule has 80 valence electrons. The summed E-state index contributed by atoms with van der Waals surface area (Å²) >= 11 is 0. The highest BCUT2D eigenvalue weighted by Gasteiger charge is 2.20. The van der Waals surface area contributed by atoms with Crippen molar-refractivity contribution < 1.29 is 0 Å². The largest absolute Gasteiger partial charge is 0.242 e. The monoisotopic (exact) mass is 212 g/mol. The van der Waals surface area contributed by atoms with Gasteiger partial charge in [0.1, 0.15) is 5.52 Å². The highest BCUT2D eigenvalue weighted by atomic mass is 15.4. The highest BCUT2D eigenvalue weighted by molar-refractivity contribution is 5.76. The summed E-state index contributed by atoms with van der Waals surface area (Å²) in [6.07, 6.45) is 4.89. The molecule has 0 radical (unpaired) electrons. The van der Waals surface area contributed by atoms with Crippen LogP contribution in [0.15, 0.2) is 18.2 Å². The summed E-state index contributed by atoms with van der Waals surface area (Å²) in [5, 5.41) is 17.2. The fourth-order valence-electron chi connectivity index (χ4n) is 2.42. The summed E-state index contributed by atoms with van der Waals surface area (Å²) in [5.74, 6) is 0. The van der Waals surface area contributed by atoms with Crippen molar-refractivity contribution in [1.82, 2.24) is 15.0 Å². The van der Waals surface area contributed by atoms with Gasteiger partial charge in [-0.3, -0.25) is 0 Å². The standard InChI is InChI=1S/C12H12N4/c13-8-9-5-6-11-12(7-9)16(15-14-11)10-3-1-2-4-10/h5-7,10H,1-4H2. The lowest BCUT2D eigenvalue weighted by Gasteiger charge is -2.09. The van der Waals surface area contributed by atoms with Crippen molar-refractivity contribution in [1.29, 1.82) is 5.26 Å². The lowest BCUT2D eigenvalue weighted by molar-refractivity contribution is 0.467. The van der Waals surface area contributed by atoms with E-state index in [-0.39, 0.29) is 0 Å². The van der Waals surface area contributed by atoms with E-state index in [2.05, 4.69) is 16.4 Å². The third kappa shape index (κ3) is 1.36. The molecule has 1 saturated carbocycles. The van der Waals surface area contributed by atoms with Crippen LogP contribution >= 0.6 is 0 Å². The van der Waals surface area contributed by atoms with Gasteiger partial charge in [0.2, 0.25) is 0 Å². The van der Waals surface area contributed by atoms with Crippen molar-refractivity contribution in [2.45, 2.75) is 31.7 Å². The Labute approximate surface area is 93.5 Å². The first-order chi connectivity index (χ1) is 7.88. The van der Waals surface area contributed by atoms with E-state index >= 15 is 0 Å². The number of fused-ring (bicyclic) bond motifs is 1. The van der Waals surface area contributed by atoms with E-state index in [0.717, 1.165) is 11.0 Å². The van der Waals surface area contributed by atoms with Crippen LogP contribution in [0, 0.1) is 11.3 Å². The van der Waals surface area contributed by atoms with Crippen molar-refractivity contribution in [3.8, 4) is 6.07 Å². The van der Waals surface area contributed by atoms with Crippen molar-refractivity contribution in [3.05, 3.63) is 23.8 Å². The van der Waals surface area contributed by atoms with Gasteiger partial charge in [-0.05, 0) is 31.0 Å². The third-order valence-corrected chi connectivity index (χ3v) is 3.27. The Morgan fingerprint density at radius 3 is 2.88 bits per heavy atom. The van der Waals surface area contributed by atoms with Gasteiger partial charge >= 0.3 is 0 Å². The van der Waals surface area contributed by atoms with Crippen molar-refractivity contribution in [2.75, 3.05) is 0 Å². The van der Waals surface area contributed by atoms with E-state index < -0.39 is 0 Å². The maximum absolute atomic E-state index is 8.89. The van der Waals surface area contributed by atoms with Gasteiger partial charge in [-0.1, -0.05) is 18.1 Å². The SMILES string of the molecule is N#Cc1ccc2nnn(C3CCCC3)c2c1. The van der Waals surface area contributed by atoms with Gasteiger partial charge in [0.15, 0.2) is 0 Å². The molecule has 0 atom stereocenters. The van der Waals surface area contributed by atoms with E-state index in [0.29, 0.717) is 11.6 Å². The first kappa shape index (κ1) is 9.34. The third-order valence-electron chi connectivity index (χ3n) is 3.27. The van der Waals surface area contributed by atoms with Crippen LogP contribution < -0.4 is 0 Å². The second kappa shape index (κ2) is 3.60. The van der Waals surface area contributed by atoms with Crippen LogP contribution in [0.25, 0.3) is 11.0 Å². The average Bonchev–Trinajstić information content (AvgIpc) is 2.96. The molecule has 0 amide bonds. The predicted octanol–water partition coefficient (Wildman–Crippen LogP) is 2.42. The molecule has 1 heterocycles. The van der Waals surface area contributed by atoms with E-state index in [9.17, 15) is 0 Å². The predicted molar refractivity (Wildman–Crippen MR) is 59.7 cm³/mol. The summed E-state index contributed by atoms with van der Waals surface area (Å²) in [7, 11) is 0. The maximum Gasteiger partial charge on any atom is 0.113 e. The van der Waals surface area contributed by atoms with Gasteiger partial charge in [0.05, 0.1) is 23.2 Å². The molecule has 1 aliphatic rings. The average molecular weight is 212 g/mol. The first-order valence-corrected chi connectivity index (χ1v) is 5.63. The van der Waals surface area contributed by atoms with Crippen LogP contribution in [0.2, 0.25) is 0 Å². The molecule has 0 unspecified atom stereocenters. The second-order valence-electron chi connectivity index (χ2n) is 4.29. The summed E-state index contributed by atoms with van der Waals surface area (Å²) in [6, 6.07) is 8.17. The molecule has 0 N–H and O–H groups in total. The minimum absolute atomic E-state index is 0.471. The van der Waals surface area contributed by atoms with E-state index in [1.165, 1.54) is 25.7 Å². The Morgan fingerprint density at radius 2 is 2.12 bits per heavy atom. The summed E-state index contributed by atoms with van der Waals surface area (Å²) in [5.41, 5.74) is 2.55. The van der Waals surface area contributed by atoms with E-state index in [1.807, 2.05) is 16.8 Å². The zero-order chi connectivity index (χ0) is 11.0. The van der Waals surface area contributed by atoms with Gasteiger partial charge < -0.3 is 0 Å². The van der Waals surface area contributed by atoms with E-state index in [1.54, 1.807) is 6.07 Å². The maximum atomic E-state index is 8.89. The van der Waals surface area contributed by atoms with Crippen LogP contribution in [0.5, 0.6) is 0 Å². The number of nitriles is 1. The second-order valence-corrected chi connectivity index (χ2v) is 4.29. The molecule has 0 spiro atoms. The molecule has 1 aliphatic carbocycles. The summed E-state index contributed by atoms with van der Waals surface area (Å²) in [6.45, 7) is 0. The van der Waals surface area contributed by atoms with Gasteiger partial charge in [0.25, 0.3) is 0 Å². The molecule has 1 aromatic carbocycles. The highest BCUT2D eigenvalue weighted by Crippen LogP contribution is 2.31. The molecule has 1 fully saturated rings. The van der Waals surface area contributed by atoms with Crippen LogP contribution in [-0.4, -0.2) is 15.0 Å². The molecule has 0 bridgehead atoms. The normalized spacial score (nSPS) is 16.7. The number of nitrogens with zero attached hydrogens (tertiary/aromatic N) is 4. The fraction of sp³-hybridized carbons (Fsp3) is 0.417. The fourth-order valence-corrected chi connectivity index (χ4v) is 2.42. The number of hydrogen-bond acceptors (Lipinski definition) is 3. The molecular weight excluding hydrogens is 200 g/mol. The Balaban J connectivity index is 2.14. The Morgan fingerprint density at radius 1 is 1.31 bits per heavy atom. The summed E-state index contributed by atoms with van der Waals surface area (Å²) in [4.78, 5) is 0. The van der Waals surface area contributed by atoms with Crippen molar-refractivity contribution in [3.63, 3.8) is 0 Å². The number of hydrogen-bond donors (Lipinski definition) is 0. The minimum atomic E-state index is 0.471. The zero-order valence-electron chi connectivity index (χ0n) is 8.93. The van der Waals surface area contributed by atoms with Crippen molar-refractivity contribution in [2.24, 2.45) is 0 Å². The van der Waals surface area contributed by atoms with Crippen LogP contribution in [0.1, 0.15) is 37.3 Å². The molecule has 4 heteroatoms. The van der Waals surface area contributed by atoms with E-state index in [4.69, 9.17) is 5.26 Å². The van der Waals surface area contributed by atoms with Crippen LogP contribution in [-0.2, 0) is 0 Å². The molecular formula is C12H12N4. The quantitative estimate of drug-likeness (QED) is 0.729. The number of aromatic nitrogens is 3. The number of rotatable bonds is 1.